The van der Waals surface area contributed by atoms with E-state index in [0.717, 1.165) is 10.1 Å². The molecule has 0 saturated carbocycles. The average molecular weight is 389 g/mol. The van der Waals surface area contributed by atoms with Gasteiger partial charge in [0.05, 0.1) is 9.52 Å². The molecule has 0 nitrogen and oxygen atoms in total. The molecule has 0 aromatic rings. The third kappa shape index (κ3) is 2.82. The van der Waals surface area contributed by atoms with Crippen molar-refractivity contribution in [2.24, 2.45) is 10.8 Å². The van der Waals surface area contributed by atoms with Crippen molar-refractivity contribution >= 4 is 32.7 Å². The van der Waals surface area contributed by atoms with Gasteiger partial charge in [-0.25, -0.2) is 0 Å². The summed E-state index contributed by atoms with van der Waals surface area (Å²) in [5, 5.41) is 5.10. The van der Waals surface area contributed by atoms with E-state index in [0.29, 0.717) is 0 Å². The molecule has 0 saturated heterocycles. The predicted octanol–water partition coefficient (Wildman–Crippen LogP) is 5.81. The van der Waals surface area contributed by atoms with Crippen molar-refractivity contribution in [1.29, 1.82) is 0 Å². The van der Waals surface area contributed by atoms with Gasteiger partial charge in [0, 0.05) is 42.6 Å². The molecule has 0 radical (unpaired) electrons. The van der Waals surface area contributed by atoms with E-state index in [1.165, 1.54) is 32.7 Å². The molecule has 0 spiro atoms. The Bertz CT molecular complexity index is 590. The quantitative estimate of drug-likeness (QED) is 0.523. The topological polar surface area (TPSA) is 0 Å². The standard InChI is InChI=1S/C18H26Cl2Si.Ti/c1-9-13(11(3)17(5,6)15(9)19)21-14-10(2)16(20)18(7,8)12(14)4;/h21H2,1-8H3;. The van der Waals surface area contributed by atoms with Gasteiger partial charge in [0.25, 0.3) is 0 Å². The maximum Gasteiger partial charge on any atom is 0.0882 e. The molecule has 0 unspecified atom stereocenters. The first-order valence-corrected chi connectivity index (χ1v) is 9.76. The summed E-state index contributed by atoms with van der Waals surface area (Å²) < 4.78 is 0. The first-order chi connectivity index (χ1) is 9.44. The van der Waals surface area contributed by atoms with Crippen molar-refractivity contribution in [3.63, 3.8) is 0 Å². The van der Waals surface area contributed by atoms with Crippen LogP contribution in [0.1, 0.15) is 55.4 Å². The van der Waals surface area contributed by atoms with Crippen LogP contribution in [-0.2, 0) is 21.7 Å². The molecule has 120 valence electrons. The molecule has 4 heteroatoms. The van der Waals surface area contributed by atoms with Crippen molar-refractivity contribution in [3.8, 4) is 0 Å². The fraction of sp³-hybridized carbons (Fsp3) is 0.556. The number of halogens is 2. The van der Waals surface area contributed by atoms with Crippen LogP contribution in [0.2, 0.25) is 0 Å². The van der Waals surface area contributed by atoms with E-state index in [1.807, 2.05) is 0 Å². The second-order valence-corrected chi connectivity index (χ2v) is 10.0. The zero-order valence-electron chi connectivity index (χ0n) is 15.0. The molecule has 22 heavy (non-hydrogen) atoms. The van der Waals surface area contributed by atoms with Crippen LogP contribution in [0.5, 0.6) is 0 Å². The Labute approximate surface area is 162 Å². The molecule has 2 rings (SSSR count). The summed E-state index contributed by atoms with van der Waals surface area (Å²) in [7, 11) is -0.552. The molecule has 2 aliphatic carbocycles. The van der Waals surface area contributed by atoms with Crippen LogP contribution >= 0.6 is 23.2 Å². The maximum atomic E-state index is 6.59. The Morgan fingerprint density at radius 1 is 0.682 bits per heavy atom. The van der Waals surface area contributed by atoms with Crippen molar-refractivity contribution in [1.82, 2.24) is 0 Å². The van der Waals surface area contributed by atoms with Crippen LogP contribution in [0, 0.1) is 10.8 Å². The SMILES string of the molecule is CC1=C(Cl)C(C)(C)C(C)=C1[SiH2]C1=C(C)C(C)(C)C(Cl)=C1C.[Ti]. The van der Waals surface area contributed by atoms with E-state index in [1.54, 1.807) is 0 Å². The monoisotopic (exact) mass is 388 g/mol. The van der Waals surface area contributed by atoms with Gasteiger partial charge in [-0.05, 0) is 38.8 Å². The number of hydrogen-bond acceptors (Lipinski definition) is 0. The maximum absolute atomic E-state index is 6.59. The zero-order chi connectivity index (χ0) is 16.3. The fourth-order valence-corrected chi connectivity index (χ4v) is 6.94. The Morgan fingerprint density at radius 3 is 1.14 bits per heavy atom. The molecule has 0 fully saturated rings. The number of hydrogen-bond donors (Lipinski definition) is 0. The number of rotatable bonds is 2. The minimum absolute atomic E-state index is 0. The minimum atomic E-state index is -0.552. The van der Waals surface area contributed by atoms with Crippen LogP contribution < -0.4 is 0 Å². The summed E-state index contributed by atoms with van der Waals surface area (Å²) in [5.74, 6) is 0. The molecule has 0 amide bonds. The second-order valence-electron chi connectivity index (χ2n) is 7.51. The van der Waals surface area contributed by atoms with Gasteiger partial charge in [0.15, 0.2) is 0 Å². The van der Waals surface area contributed by atoms with Crippen molar-refractivity contribution in [2.45, 2.75) is 55.4 Å². The minimum Gasteiger partial charge on any atom is -0.0879 e. The Morgan fingerprint density at radius 2 is 0.955 bits per heavy atom. The summed E-state index contributed by atoms with van der Waals surface area (Å²) in [4.78, 5) is 0. The van der Waals surface area contributed by atoms with Crippen molar-refractivity contribution in [3.05, 3.63) is 42.7 Å². The van der Waals surface area contributed by atoms with E-state index >= 15 is 0 Å². The van der Waals surface area contributed by atoms with Gasteiger partial charge in [0.2, 0.25) is 0 Å². The third-order valence-electron chi connectivity index (χ3n) is 5.80. The van der Waals surface area contributed by atoms with Crippen molar-refractivity contribution in [2.75, 3.05) is 0 Å². The van der Waals surface area contributed by atoms with E-state index in [4.69, 9.17) is 23.2 Å². The number of allylic oxidation sites excluding steroid dienone is 8. The molecular formula is C18H26Cl2SiTi. The van der Waals surface area contributed by atoms with Crippen LogP contribution in [0.4, 0.5) is 0 Å². The van der Waals surface area contributed by atoms with Gasteiger partial charge in [-0.1, -0.05) is 72.4 Å². The second kappa shape index (κ2) is 6.41. The zero-order valence-corrected chi connectivity index (χ0v) is 19.5. The van der Waals surface area contributed by atoms with E-state index in [9.17, 15) is 0 Å². The molecule has 2 aliphatic rings. The summed E-state index contributed by atoms with van der Waals surface area (Å²) in [6.07, 6.45) is 0. The predicted molar refractivity (Wildman–Crippen MR) is 98.6 cm³/mol. The summed E-state index contributed by atoms with van der Waals surface area (Å²) >= 11 is 13.2. The summed E-state index contributed by atoms with van der Waals surface area (Å²) in [5.41, 5.74) is 5.51. The van der Waals surface area contributed by atoms with Gasteiger partial charge in [0.1, 0.15) is 0 Å². The first-order valence-electron chi connectivity index (χ1n) is 7.59. The molecule has 0 aromatic carbocycles. The normalized spacial score (nSPS) is 23.7. The van der Waals surface area contributed by atoms with Gasteiger partial charge >= 0.3 is 0 Å². The van der Waals surface area contributed by atoms with Gasteiger partial charge in [-0.15, -0.1) is 0 Å². The molecular weight excluding hydrogens is 363 g/mol. The third-order valence-corrected chi connectivity index (χ3v) is 10.1. The van der Waals surface area contributed by atoms with Crippen LogP contribution in [-0.4, -0.2) is 9.52 Å². The van der Waals surface area contributed by atoms with Gasteiger partial charge in [-0.2, -0.15) is 0 Å². The van der Waals surface area contributed by atoms with Crippen LogP contribution in [0.3, 0.4) is 0 Å². The Balaban J connectivity index is 0.00000242. The molecule has 0 aliphatic heterocycles. The van der Waals surface area contributed by atoms with Crippen LogP contribution in [0.25, 0.3) is 0 Å². The largest absolute Gasteiger partial charge is 0.0882 e. The van der Waals surface area contributed by atoms with E-state index in [2.05, 4.69) is 55.4 Å². The van der Waals surface area contributed by atoms with Crippen molar-refractivity contribution < 1.29 is 21.7 Å². The molecule has 0 N–H and O–H groups in total. The van der Waals surface area contributed by atoms with E-state index < -0.39 is 9.52 Å². The molecule has 0 aromatic heterocycles. The van der Waals surface area contributed by atoms with Gasteiger partial charge in [-0.3, -0.25) is 0 Å². The van der Waals surface area contributed by atoms with Gasteiger partial charge < -0.3 is 0 Å². The molecule has 0 heterocycles. The Kier molecular flexibility index (Phi) is 5.98. The molecule has 0 atom stereocenters. The average Bonchev–Trinajstić information content (AvgIpc) is 2.64. The first kappa shape index (κ1) is 20.5. The van der Waals surface area contributed by atoms with E-state index in [-0.39, 0.29) is 32.5 Å². The Hall–Kier alpha value is 0.471. The molecule has 0 bridgehead atoms. The van der Waals surface area contributed by atoms with Crippen LogP contribution in [0.15, 0.2) is 42.7 Å². The summed E-state index contributed by atoms with van der Waals surface area (Å²) in [6.45, 7) is 17.8. The fourth-order valence-electron chi connectivity index (χ4n) is 3.56. The summed E-state index contributed by atoms with van der Waals surface area (Å²) in [6, 6.07) is 0. The smallest absolute Gasteiger partial charge is 0.0879 e.